The highest BCUT2D eigenvalue weighted by molar-refractivity contribution is 6.42. The van der Waals surface area contributed by atoms with Crippen molar-refractivity contribution in [3.8, 4) is 0 Å². The summed E-state index contributed by atoms with van der Waals surface area (Å²) in [5, 5.41) is 0.746. The zero-order valence-corrected chi connectivity index (χ0v) is 11.2. The van der Waals surface area contributed by atoms with Crippen LogP contribution in [0.15, 0.2) is 42.5 Å². The molecule has 0 aromatic heterocycles. The Bertz CT molecular complexity index is 691. The second-order valence-corrected chi connectivity index (χ2v) is 4.94. The molecule has 0 fully saturated rings. The van der Waals surface area contributed by atoms with Crippen LogP contribution in [0.3, 0.4) is 0 Å². The van der Waals surface area contributed by atoms with Crippen molar-refractivity contribution in [1.29, 1.82) is 0 Å². The molecule has 0 N–H and O–H groups in total. The second kappa shape index (κ2) is 4.72. The molecule has 0 saturated heterocycles. The Balaban J connectivity index is 2.12. The fourth-order valence-electron chi connectivity index (χ4n) is 1.94. The molecule has 2 nitrogen and oxygen atoms in total. The summed E-state index contributed by atoms with van der Waals surface area (Å²) in [5.74, 6) is 0.0838. The first-order valence-electron chi connectivity index (χ1n) is 5.63. The highest BCUT2D eigenvalue weighted by Crippen LogP contribution is 2.36. The quantitative estimate of drug-likeness (QED) is 0.714. The summed E-state index contributed by atoms with van der Waals surface area (Å²) in [6.07, 6.45) is 1.80. The molecule has 94 valence electrons. The van der Waals surface area contributed by atoms with Gasteiger partial charge in [0, 0.05) is 5.56 Å². The van der Waals surface area contributed by atoms with Crippen LogP contribution in [0.5, 0.6) is 0 Å². The minimum Gasteiger partial charge on any atom is -0.422 e. The van der Waals surface area contributed by atoms with E-state index in [1.807, 2.05) is 30.3 Å². The number of halogens is 2. The zero-order valence-electron chi connectivity index (χ0n) is 9.69. The van der Waals surface area contributed by atoms with E-state index in [-0.39, 0.29) is 0 Å². The fraction of sp³-hybridized carbons (Fsp3) is 0. The predicted molar refractivity (Wildman–Crippen MR) is 76.2 cm³/mol. The summed E-state index contributed by atoms with van der Waals surface area (Å²) in [7, 11) is 0. The average Bonchev–Trinajstić information content (AvgIpc) is 2.68. The van der Waals surface area contributed by atoms with Gasteiger partial charge >= 0.3 is 5.97 Å². The summed E-state index contributed by atoms with van der Waals surface area (Å²) < 4.78 is 5.25. The third-order valence-electron chi connectivity index (χ3n) is 2.85. The van der Waals surface area contributed by atoms with Gasteiger partial charge in [-0.05, 0) is 23.8 Å². The van der Waals surface area contributed by atoms with Crippen molar-refractivity contribution >= 4 is 41.0 Å². The number of rotatable bonds is 1. The number of hydrogen-bond donors (Lipinski definition) is 0. The van der Waals surface area contributed by atoms with E-state index in [1.165, 1.54) is 6.07 Å². The maximum atomic E-state index is 11.8. The average molecular weight is 291 g/mol. The van der Waals surface area contributed by atoms with Gasteiger partial charge in [0.05, 0.1) is 15.6 Å². The van der Waals surface area contributed by atoms with Gasteiger partial charge in [-0.25, -0.2) is 4.79 Å². The van der Waals surface area contributed by atoms with E-state index in [1.54, 1.807) is 12.1 Å². The van der Waals surface area contributed by atoms with Crippen molar-refractivity contribution < 1.29 is 9.53 Å². The van der Waals surface area contributed by atoms with Gasteiger partial charge in [-0.1, -0.05) is 53.5 Å². The van der Waals surface area contributed by atoms with Crippen LogP contribution in [0.25, 0.3) is 11.8 Å². The molecule has 19 heavy (non-hydrogen) atoms. The molecular formula is C15H8Cl2O2. The summed E-state index contributed by atoms with van der Waals surface area (Å²) in [6.45, 7) is 0. The summed E-state index contributed by atoms with van der Waals surface area (Å²) in [5.41, 5.74) is 2.06. The summed E-state index contributed by atoms with van der Waals surface area (Å²) >= 11 is 11.9. The number of carbonyl (C=O) groups excluding carboxylic acids is 1. The summed E-state index contributed by atoms with van der Waals surface area (Å²) in [6, 6.07) is 12.8. The lowest BCUT2D eigenvalue weighted by Gasteiger charge is -2.00. The van der Waals surface area contributed by atoms with Crippen molar-refractivity contribution in [3.05, 3.63) is 69.2 Å². The topological polar surface area (TPSA) is 26.3 Å². The van der Waals surface area contributed by atoms with Crippen molar-refractivity contribution in [2.24, 2.45) is 0 Å². The molecule has 0 spiro atoms. The molecule has 0 aliphatic carbocycles. The smallest absolute Gasteiger partial charge is 0.344 e. The van der Waals surface area contributed by atoms with Crippen molar-refractivity contribution in [2.45, 2.75) is 0 Å². The standard InChI is InChI=1S/C15H8Cl2O2/c16-12-7-10-11(8-13(12)17)15(18)19-14(10)6-9-4-2-1-3-5-9/h1-8H/b14-6-. The SMILES string of the molecule is O=C1O/C(=C\c2ccccc2)c2cc(Cl)c(Cl)cc21. The number of benzene rings is 2. The van der Waals surface area contributed by atoms with Crippen LogP contribution in [-0.2, 0) is 4.74 Å². The van der Waals surface area contributed by atoms with Crippen LogP contribution < -0.4 is 0 Å². The Kier molecular flexibility index (Phi) is 3.05. The van der Waals surface area contributed by atoms with Gasteiger partial charge in [0.15, 0.2) is 0 Å². The second-order valence-electron chi connectivity index (χ2n) is 4.12. The minimum atomic E-state index is -0.407. The van der Waals surface area contributed by atoms with E-state index < -0.39 is 5.97 Å². The van der Waals surface area contributed by atoms with Gasteiger partial charge in [0.2, 0.25) is 0 Å². The first-order chi connectivity index (χ1) is 9.15. The van der Waals surface area contributed by atoms with E-state index in [0.717, 1.165) is 5.56 Å². The van der Waals surface area contributed by atoms with Gasteiger partial charge in [0.25, 0.3) is 0 Å². The molecule has 0 radical (unpaired) electrons. The molecule has 1 aliphatic rings. The Morgan fingerprint density at radius 2 is 1.58 bits per heavy atom. The zero-order chi connectivity index (χ0) is 13.4. The molecule has 0 atom stereocenters. The highest BCUT2D eigenvalue weighted by atomic mass is 35.5. The maximum absolute atomic E-state index is 11.8. The number of ether oxygens (including phenoxy) is 1. The van der Waals surface area contributed by atoms with Crippen LogP contribution >= 0.6 is 23.2 Å². The van der Waals surface area contributed by atoms with Crippen LogP contribution in [0.1, 0.15) is 21.5 Å². The Morgan fingerprint density at radius 3 is 2.26 bits per heavy atom. The van der Waals surface area contributed by atoms with Crippen molar-refractivity contribution in [1.82, 2.24) is 0 Å². The molecule has 1 aliphatic heterocycles. The van der Waals surface area contributed by atoms with Crippen LogP contribution in [0, 0.1) is 0 Å². The molecular weight excluding hydrogens is 283 g/mol. The monoisotopic (exact) mass is 290 g/mol. The number of carbonyl (C=O) groups is 1. The maximum Gasteiger partial charge on any atom is 0.344 e. The third-order valence-corrected chi connectivity index (χ3v) is 3.57. The van der Waals surface area contributed by atoms with Crippen molar-refractivity contribution in [3.63, 3.8) is 0 Å². The number of esters is 1. The molecule has 0 unspecified atom stereocenters. The fourth-order valence-corrected chi connectivity index (χ4v) is 2.26. The lowest BCUT2D eigenvalue weighted by Crippen LogP contribution is -1.93. The van der Waals surface area contributed by atoms with Gasteiger partial charge in [-0.2, -0.15) is 0 Å². The first-order valence-corrected chi connectivity index (χ1v) is 6.39. The third kappa shape index (κ3) is 2.25. The molecule has 0 saturated carbocycles. The van der Waals surface area contributed by atoms with E-state index in [0.29, 0.717) is 26.9 Å². The highest BCUT2D eigenvalue weighted by Gasteiger charge is 2.27. The molecule has 0 bridgehead atoms. The lowest BCUT2D eigenvalue weighted by molar-refractivity contribution is 0.0717. The number of cyclic esters (lactones) is 1. The first kappa shape index (κ1) is 12.3. The number of hydrogen-bond acceptors (Lipinski definition) is 2. The molecule has 4 heteroatoms. The van der Waals surface area contributed by atoms with Crippen LogP contribution in [0.4, 0.5) is 0 Å². The molecule has 3 rings (SSSR count). The predicted octanol–water partition coefficient (Wildman–Crippen LogP) is 4.66. The summed E-state index contributed by atoms with van der Waals surface area (Å²) in [4.78, 5) is 11.8. The minimum absolute atomic E-state index is 0.346. The van der Waals surface area contributed by atoms with E-state index >= 15 is 0 Å². The van der Waals surface area contributed by atoms with E-state index in [9.17, 15) is 4.79 Å². The van der Waals surface area contributed by atoms with Gasteiger partial charge in [-0.3, -0.25) is 0 Å². The van der Waals surface area contributed by atoms with Crippen LogP contribution in [0.2, 0.25) is 10.0 Å². The molecule has 2 aromatic carbocycles. The van der Waals surface area contributed by atoms with Crippen LogP contribution in [-0.4, -0.2) is 5.97 Å². The number of fused-ring (bicyclic) bond motifs is 1. The molecule has 2 aromatic rings. The van der Waals surface area contributed by atoms with Gasteiger partial charge < -0.3 is 4.74 Å². The van der Waals surface area contributed by atoms with Gasteiger partial charge in [-0.15, -0.1) is 0 Å². The largest absolute Gasteiger partial charge is 0.422 e. The normalized spacial score (nSPS) is 15.5. The Morgan fingerprint density at radius 1 is 0.947 bits per heavy atom. The van der Waals surface area contributed by atoms with E-state index in [4.69, 9.17) is 27.9 Å². The molecule has 0 amide bonds. The van der Waals surface area contributed by atoms with E-state index in [2.05, 4.69) is 0 Å². The Labute approximate surface area is 120 Å². The molecule has 1 heterocycles. The Hall–Kier alpha value is -1.77. The lowest BCUT2D eigenvalue weighted by atomic mass is 10.1. The van der Waals surface area contributed by atoms with Gasteiger partial charge in [0.1, 0.15) is 5.76 Å². The van der Waals surface area contributed by atoms with Crippen molar-refractivity contribution in [2.75, 3.05) is 0 Å².